The van der Waals surface area contributed by atoms with Crippen LogP contribution in [0.3, 0.4) is 0 Å². The third-order valence-corrected chi connectivity index (χ3v) is 4.39. The number of nitrogens with one attached hydrogen (secondary N) is 1. The highest BCUT2D eigenvalue weighted by molar-refractivity contribution is 5.79. The fourth-order valence-corrected chi connectivity index (χ4v) is 3.34. The Morgan fingerprint density at radius 1 is 1.29 bits per heavy atom. The fourth-order valence-electron chi connectivity index (χ4n) is 3.34. The molecule has 2 aliphatic rings. The second kappa shape index (κ2) is 5.85. The summed E-state index contributed by atoms with van der Waals surface area (Å²) >= 11 is 0. The minimum Gasteiger partial charge on any atom is -0.342 e. The molecule has 3 heteroatoms. The van der Waals surface area contributed by atoms with Crippen molar-refractivity contribution >= 4 is 5.91 Å². The molecule has 1 aliphatic heterocycles. The van der Waals surface area contributed by atoms with Crippen LogP contribution >= 0.6 is 0 Å². The van der Waals surface area contributed by atoms with Gasteiger partial charge in [0.1, 0.15) is 0 Å². The molecule has 2 unspecified atom stereocenters. The number of nitrogens with zero attached hydrogens (tertiary/aromatic N) is 1. The van der Waals surface area contributed by atoms with Crippen LogP contribution in [0.15, 0.2) is 0 Å². The van der Waals surface area contributed by atoms with Crippen molar-refractivity contribution in [1.82, 2.24) is 10.2 Å². The quantitative estimate of drug-likeness (QED) is 0.816. The van der Waals surface area contributed by atoms with Crippen LogP contribution < -0.4 is 5.32 Å². The maximum Gasteiger partial charge on any atom is 0.225 e. The predicted octanol–water partition coefficient (Wildman–Crippen LogP) is 2.02. The Labute approximate surface area is 105 Å². The van der Waals surface area contributed by atoms with Crippen LogP contribution in [-0.2, 0) is 4.79 Å². The number of carbonyl (C=O) groups excluding carboxylic acids is 1. The van der Waals surface area contributed by atoms with E-state index in [0.717, 1.165) is 38.9 Å². The van der Waals surface area contributed by atoms with Crippen molar-refractivity contribution in [3.8, 4) is 0 Å². The highest BCUT2D eigenvalue weighted by Crippen LogP contribution is 2.28. The van der Waals surface area contributed by atoms with Crippen LogP contribution in [0.2, 0.25) is 0 Å². The zero-order valence-electron chi connectivity index (χ0n) is 11.2. The Hall–Kier alpha value is -0.570. The normalized spacial score (nSPS) is 30.8. The van der Waals surface area contributed by atoms with Crippen LogP contribution in [0.4, 0.5) is 0 Å². The van der Waals surface area contributed by atoms with E-state index < -0.39 is 0 Å². The van der Waals surface area contributed by atoms with Gasteiger partial charge in [-0.15, -0.1) is 0 Å². The van der Waals surface area contributed by atoms with Crippen molar-refractivity contribution < 1.29 is 4.79 Å². The van der Waals surface area contributed by atoms with Gasteiger partial charge in [0.25, 0.3) is 0 Å². The minimum atomic E-state index is 0.345. The first-order valence-electron chi connectivity index (χ1n) is 7.24. The van der Waals surface area contributed by atoms with Gasteiger partial charge in [0, 0.05) is 25.0 Å². The summed E-state index contributed by atoms with van der Waals surface area (Å²) in [6.07, 6.45) is 5.87. The van der Waals surface area contributed by atoms with Crippen LogP contribution in [0.1, 0.15) is 46.0 Å². The van der Waals surface area contributed by atoms with E-state index in [-0.39, 0.29) is 0 Å². The molecule has 1 aliphatic carbocycles. The van der Waals surface area contributed by atoms with Crippen molar-refractivity contribution in [2.24, 2.45) is 11.8 Å². The fraction of sp³-hybridized carbons (Fsp3) is 0.929. The molecule has 1 heterocycles. The number of amides is 1. The Morgan fingerprint density at radius 3 is 2.59 bits per heavy atom. The Bertz CT molecular complexity index is 261. The molecule has 2 fully saturated rings. The molecule has 0 aromatic heterocycles. The Morgan fingerprint density at radius 2 is 2.00 bits per heavy atom. The lowest BCUT2D eigenvalue weighted by atomic mass is 9.92. The van der Waals surface area contributed by atoms with Gasteiger partial charge < -0.3 is 10.2 Å². The van der Waals surface area contributed by atoms with Gasteiger partial charge in [0.05, 0.1) is 0 Å². The molecule has 17 heavy (non-hydrogen) atoms. The summed E-state index contributed by atoms with van der Waals surface area (Å²) in [5.74, 6) is 1.37. The van der Waals surface area contributed by atoms with E-state index in [0.29, 0.717) is 23.8 Å². The topological polar surface area (TPSA) is 32.3 Å². The van der Waals surface area contributed by atoms with Crippen molar-refractivity contribution in [2.45, 2.75) is 52.0 Å². The van der Waals surface area contributed by atoms with Gasteiger partial charge in [-0.3, -0.25) is 4.79 Å². The first kappa shape index (κ1) is 12.9. The number of piperidine rings is 1. The second-order valence-corrected chi connectivity index (χ2v) is 5.70. The number of carbonyl (C=O) groups is 1. The van der Waals surface area contributed by atoms with Gasteiger partial charge in [-0.05, 0) is 31.7 Å². The summed E-state index contributed by atoms with van der Waals surface area (Å²) in [6, 6.07) is 0.604. The van der Waals surface area contributed by atoms with Crippen molar-refractivity contribution in [3.63, 3.8) is 0 Å². The molecule has 2 rings (SSSR count). The van der Waals surface area contributed by atoms with Crippen molar-refractivity contribution in [2.75, 3.05) is 19.6 Å². The van der Waals surface area contributed by atoms with E-state index in [1.165, 1.54) is 12.8 Å². The van der Waals surface area contributed by atoms with Gasteiger partial charge in [0.15, 0.2) is 0 Å². The van der Waals surface area contributed by atoms with Crippen LogP contribution in [-0.4, -0.2) is 36.5 Å². The largest absolute Gasteiger partial charge is 0.342 e. The van der Waals surface area contributed by atoms with Gasteiger partial charge in [-0.1, -0.05) is 26.7 Å². The van der Waals surface area contributed by atoms with E-state index in [2.05, 4.69) is 24.1 Å². The lowest BCUT2D eigenvalue weighted by molar-refractivity contribution is -0.137. The van der Waals surface area contributed by atoms with Crippen LogP contribution in [0.25, 0.3) is 0 Å². The molecule has 0 spiro atoms. The van der Waals surface area contributed by atoms with E-state index in [1.807, 2.05) is 0 Å². The first-order chi connectivity index (χ1) is 8.22. The molecular weight excluding hydrogens is 212 g/mol. The lowest BCUT2D eigenvalue weighted by Gasteiger charge is -2.38. The van der Waals surface area contributed by atoms with Gasteiger partial charge in [-0.25, -0.2) is 0 Å². The number of hydrogen-bond donors (Lipinski definition) is 1. The van der Waals surface area contributed by atoms with Gasteiger partial charge >= 0.3 is 0 Å². The van der Waals surface area contributed by atoms with Gasteiger partial charge in [-0.2, -0.15) is 0 Å². The summed E-state index contributed by atoms with van der Waals surface area (Å²) < 4.78 is 0. The SMILES string of the molecule is CCNC1CCN(C(=O)C2CCCC2)CC1C. The van der Waals surface area contributed by atoms with E-state index >= 15 is 0 Å². The molecule has 1 N–H and O–H groups in total. The molecule has 0 bridgehead atoms. The van der Waals surface area contributed by atoms with Crippen LogP contribution in [0.5, 0.6) is 0 Å². The highest BCUT2D eigenvalue weighted by atomic mass is 16.2. The number of hydrogen-bond acceptors (Lipinski definition) is 2. The highest BCUT2D eigenvalue weighted by Gasteiger charge is 2.32. The number of likely N-dealkylation sites (tertiary alicyclic amines) is 1. The average molecular weight is 238 g/mol. The molecule has 1 saturated carbocycles. The second-order valence-electron chi connectivity index (χ2n) is 5.70. The Balaban J connectivity index is 1.85. The monoisotopic (exact) mass is 238 g/mol. The summed E-state index contributed by atoms with van der Waals surface area (Å²) in [6.45, 7) is 7.36. The third-order valence-electron chi connectivity index (χ3n) is 4.39. The smallest absolute Gasteiger partial charge is 0.225 e. The molecule has 0 aromatic rings. The third kappa shape index (κ3) is 3.01. The van der Waals surface area contributed by atoms with E-state index in [1.54, 1.807) is 0 Å². The molecule has 1 saturated heterocycles. The molecule has 98 valence electrons. The molecule has 2 atom stereocenters. The Kier molecular flexibility index (Phi) is 4.43. The van der Waals surface area contributed by atoms with E-state index in [9.17, 15) is 4.79 Å². The maximum absolute atomic E-state index is 12.3. The molecule has 0 radical (unpaired) electrons. The summed E-state index contributed by atoms with van der Waals surface area (Å²) in [5.41, 5.74) is 0. The van der Waals surface area contributed by atoms with Gasteiger partial charge in [0.2, 0.25) is 5.91 Å². The molecular formula is C14H26N2O. The predicted molar refractivity (Wildman–Crippen MR) is 69.8 cm³/mol. The number of rotatable bonds is 3. The zero-order chi connectivity index (χ0) is 12.3. The van der Waals surface area contributed by atoms with Crippen molar-refractivity contribution in [3.05, 3.63) is 0 Å². The first-order valence-corrected chi connectivity index (χ1v) is 7.24. The molecule has 3 nitrogen and oxygen atoms in total. The standard InChI is InChI=1S/C14H26N2O/c1-3-15-13-8-9-16(10-11(13)2)14(17)12-6-4-5-7-12/h11-13,15H,3-10H2,1-2H3. The maximum atomic E-state index is 12.3. The summed E-state index contributed by atoms with van der Waals surface area (Å²) in [7, 11) is 0. The van der Waals surface area contributed by atoms with Crippen LogP contribution in [0, 0.1) is 11.8 Å². The molecule has 0 aromatic carbocycles. The van der Waals surface area contributed by atoms with Crippen molar-refractivity contribution in [1.29, 1.82) is 0 Å². The zero-order valence-corrected chi connectivity index (χ0v) is 11.2. The van der Waals surface area contributed by atoms with E-state index in [4.69, 9.17) is 0 Å². The molecule has 1 amide bonds. The summed E-state index contributed by atoms with van der Waals surface area (Å²) in [4.78, 5) is 14.4. The average Bonchev–Trinajstić information content (AvgIpc) is 2.84. The lowest BCUT2D eigenvalue weighted by Crippen LogP contribution is -2.51. The minimum absolute atomic E-state index is 0.345. The summed E-state index contributed by atoms with van der Waals surface area (Å²) in [5, 5.41) is 3.53.